The third-order valence-electron chi connectivity index (χ3n) is 4.11. The minimum Gasteiger partial charge on any atom is -0.490 e. The van der Waals surface area contributed by atoms with E-state index in [1.807, 2.05) is 78.9 Å². The van der Waals surface area contributed by atoms with E-state index in [4.69, 9.17) is 15.2 Å². The third kappa shape index (κ3) is 6.06. The van der Waals surface area contributed by atoms with Crippen LogP contribution in [0, 0.1) is 0 Å². The van der Waals surface area contributed by atoms with Crippen molar-refractivity contribution in [2.75, 3.05) is 24.3 Å². The predicted octanol–water partition coefficient (Wildman–Crippen LogP) is 4.30. The second-order valence-electron chi connectivity index (χ2n) is 6.30. The molecule has 0 atom stereocenters. The summed E-state index contributed by atoms with van der Waals surface area (Å²) in [5.41, 5.74) is 8.17. The van der Waals surface area contributed by atoms with E-state index < -0.39 is 0 Å². The maximum atomic E-state index is 12.3. The van der Waals surface area contributed by atoms with Gasteiger partial charge in [-0.1, -0.05) is 42.5 Å². The number of rotatable bonds is 9. The maximum absolute atomic E-state index is 12.3. The molecule has 0 aliphatic heterocycles. The molecule has 0 radical (unpaired) electrons. The Morgan fingerprint density at radius 3 is 2.43 bits per heavy atom. The fourth-order valence-corrected chi connectivity index (χ4v) is 2.74. The van der Waals surface area contributed by atoms with Crippen molar-refractivity contribution in [3.63, 3.8) is 0 Å². The van der Waals surface area contributed by atoms with Crippen LogP contribution in [0.5, 0.6) is 11.5 Å². The average molecular weight is 376 g/mol. The quantitative estimate of drug-likeness (QED) is 0.431. The zero-order valence-electron chi connectivity index (χ0n) is 15.6. The molecule has 0 fully saturated rings. The topological polar surface area (TPSA) is 73.6 Å². The van der Waals surface area contributed by atoms with Crippen molar-refractivity contribution in [1.82, 2.24) is 0 Å². The molecule has 3 rings (SSSR count). The number of para-hydroxylation sites is 3. The normalized spacial score (nSPS) is 10.3. The molecule has 0 heterocycles. The van der Waals surface area contributed by atoms with Crippen LogP contribution in [-0.4, -0.2) is 19.1 Å². The summed E-state index contributed by atoms with van der Waals surface area (Å²) in [4.78, 5) is 12.3. The van der Waals surface area contributed by atoms with Crippen LogP contribution >= 0.6 is 0 Å². The van der Waals surface area contributed by atoms with Crippen LogP contribution < -0.4 is 20.5 Å². The van der Waals surface area contributed by atoms with Crippen molar-refractivity contribution >= 4 is 17.3 Å². The first-order valence-corrected chi connectivity index (χ1v) is 9.24. The van der Waals surface area contributed by atoms with Crippen molar-refractivity contribution in [3.8, 4) is 11.5 Å². The summed E-state index contributed by atoms with van der Waals surface area (Å²) < 4.78 is 11.4. The summed E-state index contributed by atoms with van der Waals surface area (Å²) >= 11 is 0. The summed E-state index contributed by atoms with van der Waals surface area (Å²) in [5.74, 6) is 1.35. The molecule has 5 nitrogen and oxygen atoms in total. The SMILES string of the molecule is Nc1cccc(CCC(=O)Nc2ccccc2OCCOc2ccccc2)c1. The van der Waals surface area contributed by atoms with Gasteiger partial charge in [0.2, 0.25) is 5.91 Å². The number of aryl methyl sites for hydroxylation is 1. The number of hydrogen-bond acceptors (Lipinski definition) is 4. The molecule has 28 heavy (non-hydrogen) atoms. The van der Waals surface area contributed by atoms with Gasteiger partial charge in [-0.15, -0.1) is 0 Å². The lowest BCUT2D eigenvalue weighted by molar-refractivity contribution is -0.116. The Morgan fingerprint density at radius 2 is 1.61 bits per heavy atom. The van der Waals surface area contributed by atoms with E-state index >= 15 is 0 Å². The van der Waals surface area contributed by atoms with Crippen LogP contribution in [0.25, 0.3) is 0 Å². The standard InChI is InChI=1S/C23H24N2O3/c24-19-8-6-7-18(17-19)13-14-23(26)25-21-11-4-5-12-22(21)28-16-15-27-20-9-2-1-3-10-20/h1-12,17H,13-16,24H2,(H,25,26). The van der Waals surface area contributed by atoms with Crippen LogP contribution in [-0.2, 0) is 11.2 Å². The molecule has 1 amide bonds. The van der Waals surface area contributed by atoms with E-state index in [1.165, 1.54) is 0 Å². The monoisotopic (exact) mass is 376 g/mol. The minimum atomic E-state index is -0.0704. The fourth-order valence-electron chi connectivity index (χ4n) is 2.74. The van der Waals surface area contributed by atoms with Crippen molar-refractivity contribution in [2.45, 2.75) is 12.8 Å². The van der Waals surface area contributed by atoms with Gasteiger partial charge in [-0.2, -0.15) is 0 Å². The lowest BCUT2D eigenvalue weighted by Crippen LogP contribution is -2.15. The van der Waals surface area contributed by atoms with Crippen LogP contribution in [0.15, 0.2) is 78.9 Å². The van der Waals surface area contributed by atoms with E-state index in [9.17, 15) is 4.79 Å². The molecular formula is C23H24N2O3. The molecular weight excluding hydrogens is 352 g/mol. The number of nitrogens with one attached hydrogen (secondary N) is 1. The number of anilines is 2. The first-order valence-electron chi connectivity index (χ1n) is 9.24. The van der Waals surface area contributed by atoms with Crippen LogP contribution in [0.4, 0.5) is 11.4 Å². The molecule has 0 saturated carbocycles. The Kier molecular flexibility index (Phi) is 6.90. The van der Waals surface area contributed by atoms with Crippen LogP contribution in [0.1, 0.15) is 12.0 Å². The predicted molar refractivity (Wildman–Crippen MR) is 112 cm³/mol. The lowest BCUT2D eigenvalue weighted by atomic mass is 10.1. The molecule has 3 N–H and O–H groups in total. The molecule has 0 aliphatic rings. The second kappa shape index (κ2) is 10.0. The maximum Gasteiger partial charge on any atom is 0.224 e. The number of carbonyl (C=O) groups excluding carboxylic acids is 1. The number of carbonyl (C=O) groups is 1. The fraction of sp³-hybridized carbons (Fsp3) is 0.174. The highest BCUT2D eigenvalue weighted by atomic mass is 16.5. The van der Waals surface area contributed by atoms with Gasteiger partial charge in [-0.25, -0.2) is 0 Å². The number of nitrogens with two attached hydrogens (primary N) is 1. The molecule has 3 aromatic carbocycles. The van der Waals surface area contributed by atoms with Crippen molar-refractivity contribution < 1.29 is 14.3 Å². The van der Waals surface area contributed by atoms with E-state index in [0.717, 1.165) is 11.3 Å². The smallest absolute Gasteiger partial charge is 0.224 e. The van der Waals surface area contributed by atoms with Crippen molar-refractivity contribution in [2.24, 2.45) is 0 Å². The van der Waals surface area contributed by atoms with Gasteiger partial charge < -0.3 is 20.5 Å². The highest BCUT2D eigenvalue weighted by Gasteiger charge is 2.08. The lowest BCUT2D eigenvalue weighted by Gasteiger charge is -2.13. The summed E-state index contributed by atoms with van der Waals surface area (Å²) in [6.07, 6.45) is 1.000. The van der Waals surface area contributed by atoms with Gasteiger partial charge in [-0.3, -0.25) is 4.79 Å². The van der Waals surface area contributed by atoms with Gasteiger partial charge in [0.05, 0.1) is 5.69 Å². The summed E-state index contributed by atoms with van der Waals surface area (Å²) in [5, 5.41) is 2.92. The largest absolute Gasteiger partial charge is 0.490 e. The molecule has 5 heteroatoms. The summed E-state index contributed by atoms with van der Waals surface area (Å²) in [7, 11) is 0. The molecule has 3 aromatic rings. The van der Waals surface area contributed by atoms with E-state index in [-0.39, 0.29) is 5.91 Å². The number of ether oxygens (including phenoxy) is 2. The molecule has 0 unspecified atom stereocenters. The van der Waals surface area contributed by atoms with E-state index in [1.54, 1.807) is 0 Å². The van der Waals surface area contributed by atoms with Gasteiger partial charge in [-0.05, 0) is 48.4 Å². The zero-order chi connectivity index (χ0) is 19.6. The molecule has 0 saturated heterocycles. The summed E-state index contributed by atoms with van der Waals surface area (Å²) in [6.45, 7) is 0.798. The van der Waals surface area contributed by atoms with Gasteiger partial charge in [0.1, 0.15) is 24.7 Å². The highest BCUT2D eigenvalue weighted by Crippen LogP contribution is 2.24. The van der Waals surface area contributed by atoms with Crippen molar-refractivity contribution in [3.05, 3.63) is 84.4 Å². The molecule has 0 bridgehead atoms. The second-order valence-corrected chi connectivity index (χ2v) is 6.30. The number of nitrogen functional groups attached to an aromatic ring is 1. The third-order valence-corrected chi connectivity index (χ3v) is 4.11. The Labute approximate surface area is 165 Å². The minimum absolute atomic E-state index is 0.0704. The Hall–Kier alpha value is -3.47. The van der Waals surface area contributed by atoms with Crippen LogP contribution in [0.3, 0.4) is 0 Å². The Morgan fingerprint density at radius 1 is 0.857 bits per heavy atom. The Bertz CT molecular complexity index is 897. The molecule has 0 aromatic heterocycles. The van der Waals surface area contributed by atoms with Crippen LogP contribution in [0.2, 0.25) is 0 Å². The van der Waals surface area contributed by atoms with Gasteiger partial charge >= 0.3 is 0 Å². The van der Waals surface area contributed by atoms with E-state index in [0.29, 0.717) is 43.2 Å². The average Bonchev–Trinajstić information content (AvgIpc) is 2.72. The number of amides is 1. The highest BCUT2D eigenvalue weighted by molar-refractivity contribution is 5.92. The zero-order valence-corrected chi connectivity index (χ0v) is 15.6. The molecule has 0 aliphatic carbocycles. The first kappa shape index (κ1) is 19.3. The first-order chi connectivity index (χ1) is 13.7. The molecule has 144 valence electrons. The van der Waals surface area contributed by atoms with Gasteiger partial charge in [0.25, 0.3) is 0 Å². The van der Waals surface area contributed by atoms with Crippen molar-refractivity contribution in [1.29, 1.82) is 0 Å². The molecule has 0 spiro atoms. The number of hydrogen-bond donors (Lipinski definition) is 2. The summed E-state index contributed by atoms with van der Waals surface area (Å²) in [6, 6.07) is 24.5. The van der Waals surface area contributed by atoms with Gasteiger partial charge in [0, 0.05) is 12.1 Å². The number of benzene rings is 3. The van der Waals surface area contributed by atoms with Gasteiger partial charge in [0.15, 0.2) is 0 Å². The Balaban J connectivity index is 1.48. The van der Waals surface area contributed by atoms with E-state index in [2.05, 4.69) is 5.32 Å².